The number of carbonyl (C=O) groups excluding carboxylic acids is 2. The molecule has 31 heavy (non-hydrogen) atoms. The third-order valence-corrected chi connectivity index (χ3v) is 6.43. The Morgan fingerprint density at radius 2 is 2.03 bits per heavy atom. The van der Waals surface area contributed by atoms with E-state index < -0.39 is 5.97 Å². The Bertz CT molecular complexity index is 1090. The van der Waals surface area contributed by atoms with Crippen LogP contribution in [0.1, 0.15) is 22.2 Å². The van der Waals surface area contributed by atoms with Crippen LogP contribution >= 0.6 is 23.1 Å². The van der Waals surface area contributed by atoms with Crippen molar-refractivity contribution in [3.8, 4) is 11.4 Å². The van der Waals surface area contributed by atoms with Gasteiger partial charge in [0, 0.05) is 36.8 Å². The number of thiophene rings is 1. The first-order valence-electron chi connectivity index (χ1n) is 9.66. The zero-order chi connectivity index (χ0) is 22.5. The number of carbonyl (C=O) groups is 2. The van der Waals surface area contributed by atoms with Crippen molar-refractivity contribution in [2.24, 2.45) is 0 Å². The molecule has 0 spiro atoms. The molecule has 0 aliphatic heterocycles. The van der Waals surface area contributed by atoms with E-state index in [1.54, 1.807) is 6.07 Å². The highest BCUT2D eigenvalue weighted by Gasteiger charge is 2.19. The third kappa shape index (κ3) is 5.26. The van der Waals surface area contributed by atoms with Crippen molar-refractivity contribution < 1.29 is 14.3 Å². The minimum Gasteiger partial charge on any atom is -0.465 e. The summed E-state index contributed by atoms with van der Waals surface area (Å²) in [5.41, 5.74) is 2.40. The zero-order valence-corrected chi connectivity index (χ0v) is 19.8. The van der Waals surface area contributed by atoms with Gasteiger partial charge in [-0.05, 0) is 32.0 Å². The molecular weight excluding hydrogens is 434 g/mol. The lowest BCUT2D eigenvalue weighted by Gasteiger charge is -2.14. The van der Waals surface area contributed by atoms with E-state index in [2.05, 4.69) is 21.6 Å². The van der Waals surface area contributed by atoms with Crippen LogP contribution in [0, 0.1) is 6.92 Å². The largest absolute Gasteiger partial charge is 0.465 e. The van der Waals surface area contributed by atoms with Gasteiger partial charge in [-0.2, -0.15) is 0 Å². The molecule has 0 saturated heterocycles. The van der Waals surface area contributed by atoms with Gasteiger partial charge in [-0.1, -0.05) is 23.9 Å². The van der Waals surface area contributed by atoms with E-state index in [4.69, 9.17) is 4.74 Å². The van der Waals surface area contributed by atoms with Crippen LogP contribution in [-0.4, -0.2) is 53.6 Å². The van der Waals surface area contributed by atoms with Crippen molar-refractivity contribution in [1.82, 2.24) is 14.8 Å². The molecule has 0 bridgehead atoms. The maximum atomic E-state index is 12.5. The molecule has 1 amide bonds. The van der Waals surface area contributed by atoms with Crippen molar-refractivity contribution in [3.63, 3.8) is 0 Å². The number of anilines is 2. The second-order valence-corrected chi connectivity index (χ2v) is 9.12. The lowest BCUT2D eigenvalue weighted by atomic mass is 10.2. The monoisotopic (exact) mass is 459 g/mol. The fraction of sp³-hybridized carbons (Fsp3) is 0.333. The van der Waals surface area contributed by atoms with E-state index in [1.165, 1.54) is 30.2 Å². The van der Waals surface area contributed by atoms with Crippen molar-refractivity contribution in [2.45, 2.75) is 25.5 Å². The van der Waals surface area contributed by atoms with Gasteiger partial charge in [0.25, 0.3) is 0 Å². The topological polar surface area (TPSA) is 89.3 Å². The van der Waals surface area contributed by atoms with E-state index in [9.17, 15) is 9.59 Å². The van der Waals surface area contributed by atoms with Crippen LogP contribution < -0.4 is 10.2 Å². The summed E-state index contributed by atoms with van der Waals surface area (Å²) in [6, 6.07) is 9.79. The summed E-state index contributed by atoms with van der Waals surface area (Å²) in [6.45, 7) is 4.57. The van der Waals surface area contributed by atoms with E-state index in [1.807, 2.05) is 55.6 Å². The minimum atomic E-state index is -0.470. The molecule has 1 N–H and O–H groups in total. The maximum Gasteiger partial charge on any atom is 0.340 e. The number of benzene rings is 1. The van der Waals surface area contributed by atoms with Crippen molar-refractivity contribution in [2.75, 3.05) is 37.2 Å². The molecule has 1 aromatic carbocycles. The van der Waals surface area contributed by atoms with E-state index in [-0.39, 0.29) is 11.7 Å². The SMILES string of the molecule is CCn1c(SCC(=O)Nc2sc(C)cc2C(=O)OC)nnc1-c1cccc(N(C)C)c1. The number of aromatic nitrogens is 3. The standard InChI is InChI=1S/C21H25N5O3S2/c1-6-26-18(14-8-7-9-15(11-14)25(3)4)23-24-21(26)30-12-17(27)22-19-16(20(28)29-5)10-13(2)31-19/h7-11H,6,12H2,1-5H3,(H,22,27). The highest BCUT2D eigenvalue weighted by atomic mass is 32.2. The van der Waals surface area contributed by atoms with Crippen LogP contribution in [0.2, 0.25) is 0 Å². The Labute approximate surface area is 189 Å². The molecule has 0 atom stereocenters. The fourth-order valence-electron chi connectivity index (χ4n) is 2.98. The Hall–Kier alpha value is -2.85. The van der Waals surface area contributed by atoms with Crippen molar-refractivity contribution in [1.29, 1.82) is 0 Å². The predicted molar refractivity (Wildman–Crippen MR) is 125 cm³/mol. The van der Waals surface area contributed by atoms with Crippen LogP contribution in [0.5, 0.6) is 0 Å². The maximum absolute atomic E-state index is 12.5. The number of methoxy groups -OCH3 is 1. The van der Waals surface area contributed by atoms with Crippen molar-refractivity contribution >= 4 is 45.7 Å². The first kappa shape index (κ1) is 22.8. The average Bonchev–Trinajstić information content (AvgIpc) is 3.34. The molecule has 0 radical (unpaired) electrons. The van der Waals surface area contributed by atoms with Crippen LogP contribution in [0.3, 0.4) is 0 Å². The predicted octanol–water partition coefficient (Wildman–Crippen LogP) is 3.92. The summed E-state index contributed by atoms with van der Waals surface area (Å²) < 4.78 is 6.77. The molecule has 2 heterocycles. The average molecular weight is 460 g/mol. The van der Waals surface area contributed by atoms with Gasteiger partial charge >= 0.3 is 5.97 Å². The molecular formula is C21H25N5O3S2. The Balaban J connectivity index is 1.72. The number of ether oxygens (including phenoxy) is 1. The van der Waals surface area contributed by atoms with E-state index >= 15 is 0 Å². The van der Waals surface area contributed by atoms with Gasteiger partial charge in [0.05, 0.1) is 18.4 Å². The molecule has 8 nitrogen and oxygen atoms in total. The summed E-state index contributed by atoms with van der Waals surface area (Å²) in [5.74, 6) is 0.213. The Kier molecular flexibility index (Phi) is 7.34. The van der Waals surface area contributed by atoms with Crippen molar-refractivity contribution in [3.05, 3.63) is 40.8 Å². The lowest BCUT2D eigenvalue weighted by molar-refractivity contribution is -0.113. The lowest BCUT2D eigenvalue weighted by Crippen LogP contribution is -2.16. The quantitative estimate of drug-likeness (QED) is 0.403. The first-order chi connectivity index (χ1) is 14.8. The van der Waals surface area contributed by atoms with Gasteiger partial charge in [-0.3, -0.25) is 4.79 Å². The van der Waals surface area contributed by atoms with Gasteiger partial charge in [0.2, 0.25) is 5.91 Å². The smallest absolute Gasteiger partial charge is 0.340 e. The number of amides is 1. The second kappa shape index (κ2) is 9.97. The van der Waals surface area contributed by atoms with Gasteiger partial charge < -0.3 is 19.5 Å². The number of hydrogen-bond acceptors (Lipinski definition) is 8. The molecule has 10 heteroatoms. The molecule has 0 unspecified atom stereocenters. The van der Waals surface area contributed by atoms with Crippen LogP contribution in [0.15, 0.2) is 35.5 Å². The van der Waals surface area contributed by atoms with Crippen LogP contribution in [0.25, 0.3) is 11.4 Å². The summed E-state index contributed by atoms with van der Waals surface area (Å²) in [6.07, 6.45) is 0. The number of rotatable bonds is 8. The first-order valence-corrected chi connectivity index (χ1v) is 11.5. The molecule has 3 aromatic rings. The normalized spacial score (nSPS) is 10.7. The summed E-state index contributed by atoms with van der Waals surface area (Å²) in [7, 11) is 5.30. The zero-order valence-electron chi connectivity index (χ0n) is 18.1. The fourth-order valence-corrected chi connectivity index (χ4v) is 4.70. The number of hydrogen-bond donors (Lipinski definition) is 1. The molecule has 0 saturated carbocycles. The van der Waals surface area contributed by atoms with E-state index in [0.29, 0.717) is 22.3 Å². The third-order valence-electron chi connectivity index (χ3n) is 4.50. The highest BCUT2D eigenvalue weighted by molar-refractivity contribution is 7.99. The van der Waals surface area contributed by atoms with Gasteiger partial charge in [0.1, 0.15) is 5.00 Å². The minimum absolute atomic E-state index is 0.146. The number of thioether (sulfide) groups is 1. The van der Waals surface area contributed by atoms with Gasteiger partial charge in [-0.25, -0.2) is 4.79 Å². The number of nitrogens with zero attached hydrogens (tertiary/aromatic N) is 4. The molecule has 2 aromatic heterocycles. The number of nitrogens with one attached hydrogen (secondary N) is 1. The van der Waals surface area contributed by atoms with Gasteiger partial charge in [0.15, 0.2) is 11.0 Å². The van der Waals surface area contributed by atoms with Gasteiger partial charge in [-0.15, -0.1) is 21.5 Å². The summed E-state index contributed by atoms with van der Waals surface area (Å²) >= 11 is 2.65. The molecule has 0 aliphatic rings. The summed E-state index contributed by atoms with van der Waals surface area (Å²) in [4.78, 5) is 27.4. The molecule has 3 rings (SSSR count). The van der Waals surface area contributed by atoms with Crippen LogP contribution in [0.4, 0.5) is 10.7 Å². The molecule has 0 aliphatic carbocycles. The Morgan fingerprint density at radius 3 is 2.71 bits per heavy atom. The Morgan fingerprint density at radius 1 is 1.26 bits per heavy atom. The van der Waals surface area contributed by atoms with Crippen LogP contribution in [-0.2, 0) is 16.1 Å². The molecule has 0 fully saturated rings. The highest BCUT2D eigenvalue weighted by Crippen LogP contribution is 2.29. The molecule has 164 valence electrons. The number of aryl methyl sites for hydroxylation is 1. The summed E-state index contributed by atoms with van der Waals surface area (Å²) in [5, 5.41) is 12.6. The number of esters is 1. The second-order valence-electron chi connectivity index (χ2n) is 6.92. The van der Waals surface area contributed by atoms with E-state index in [0.717, 1.165) is 22.0 Å².